The Morgan fingerprint density at radius 1 is 1.30 bits per heavy atom. The van der Waals surface area contributed by atoms with E-state index in [0.29, 0.717) is 19.7 Å². The second-order valence-electron chi connectivity index (χ2n) is 5.64. The van der Waals surface area contributed by atoms with Crippen LogP contribution in [0.1, 0.15) is 29.9 Å². The van der Waals surface area contributed by atoms with E-state index < -0.39 is 0 Å². The summed E-state index contributed by atoms with van der Waals surface area (Å²) >= 11 is 1.68. The number of nitrogens with zero attached hydrogens (tertiary/aromatic N) is 1. The molecule has 4 nitrogen and oxygen atoms in total. The Balaban J connectivity index is 1.63. The van der Waals surface area contributed by atoms with Crippen molar-refractivity contribution in [1.29, 1.82) is 0 Å². The Bertz CT molecular complexity index is 615. The minimum absolute atomic E-state index is 0.0164. The molecule has 1 aromatic heterocycles. The van der Waals surface area contributed by atoms with Crippen molar-refractivity contribution in [2.24, 2.45) is 0 Å². The fraction of sp³-hybridized carbons (Fsp3) is 0.389. The van der Waals surface area contributed by atoms with Crippen molar-refractivity contribution in [3.05, 3.63) is 58.3 Å². The monoisotopic (exact) mass is 330 g/mol. The number of hydrogen-bond donors (Lipinski definition) is 1. The van der Waals surface area contributed by atoms with Gasteiger partial charge >= 0.3 is 6.03 Å². The molecule has 2 atom stereocenters. The minimum atomic E-state index is -0.0550. The van der Waals surface area contributed by atoms with Crippen LogP contribution >= 0.6 is 11.3 Å². The van der Waals surface area contributed by atoms with Gasteiger partial charge in [-0.15, -0.1) is 11.3 Å². The highest BCUT2D eigenvalue weighted by molar-refractivity contribution is 7.09. The lowest BCUT2D eigenvalue weighted by molar-refractivity contribution is 0.0980. The third-order valence-electron chi connectivity index (χ3n) is 4.12. The maximum atomic E-state index is 12.6. The van der Waals surface area contributed by atoms with Crippen LogP contribution in [-0.4, -0.2) is 30.1 Å². The van der Waals surface area contributed by atoms with Gasteiger partial charge in [0.25, 0.3) is 0 Å². The summed E-state index contributed by atoms with van der Waals surface area (Å²) in [5.74, 6) is 0. The summed E-state index contributed by atoms with van der Waals surface area (Å²) in [6, 6.07) is 14.2. The Labute approximate surface area is 141 Å². The van der Waals surface area contributed by atoms with E-state index in [1.54, 1.807) is 11.3 Å². The number of benzene rings is 1. The van der Waals surface area contributed by atoms with Gasteiger partial charge < -0.3 is 15.0 Å². The average Bonchev–Trinajstić information content (AvgIpc) is 3.25. The number of carbonyl (C=O) groups is 1. The standard InChI is InChI=1S/C18H22N2O2S/c1-2-20(13-15-9-6-12-23-15)18(21)19-16-10-11-22-17(16)14-7-4-3-5-8-14/h3-9,12,16-17H,2,10-11,13H2,1H3,(H,19,21)/t16-,17+/m1/s1. The van der Waals surface area contributed by atoms with Gasteiger partial charge in [-0.05, 0) is 30.4 Å². The molecule has 5 heteroatoms. The van der Waals surface area contributed by atoms with Crippen molar-refractivity contribution >= 4 is 17.4 Å². The van der Waals surface area contributed by atoms with Gasteiger partial charge in [0.1, 0.15) is 6.10 Å². The number of ether oxygens (including phenoxy) is 1. The Morgan fingerprint density at radius 3 is 2.83 bits per heavy atom. The van der Waals surface area contributed by atoms with Gasteiger partial charge in [0.15, 0.2) is 0 Å². The van der Waals surface area contributed by atoms with Crippen LogP contribution in [0.25, 0.3) is 0 Å². The zero-order valence-corrected chi connectivity index (χ0v) is 14.1. The fourth-order valence-corrected chi connectivity index (χ4v) is 3.60. The van der Waals surface area contributed by atoms with Crippen LogP contribution in [0.3, 0.4) is 0 Å². The van der Waals surface area contributed by atoms with E-state index in [0.717, 1.165) is 12.0 Å². The first-order valence-electron chi connectivity index (χ1n) is 8.02. The molecule has 1 aromatic carbocycles. The molecule has 122 valence electrons. The third-order valence-corrected chi connectivity index (χ3v) is 4.99. The molecule has 0 saturated carbocycles. The van der Waals surface area contributed by atoms with Crippen molar-refractivity contribution in [3.8, 4) is 0 Å². The molecular weight excluding hydrogens is 308 g/mol. The lowest BCUT2D eigenvalue weighted by atomic mass is 10.0. The topological polar surface area (TPSA) is 41.6 Å². The van der Waals surface area contributed by atoms with Gasteiger partial charge in [-0.3, -0.25) is 0 Å². The highest BCUT2D eigenvalue weighted by Gasteiger charge is 2.31. The second kappa shape index (κ2) is 7.62. The number of rotatable bonds is 5. The number of nitrogens with one attached hydrogen (secondary N) is 1. The van der Waals surface area contributed by atoms with Crippen LogP contribution < -0.4 is 5.32 Å². The molecule has 1 saturated heterocycles. The maximum Gasteiger partial charge on any atom is 0.318 e. The average molecular weight is 330 g/mol. The van der Waals surface area contributed by atoms with E-state index in [-0.39, 0.29) is 18.2 Å². The molecule has 0 bridgehead atoms. The van der Waals surface area contributed by atoms with Crippen LogP contribution in [0.15, 0.2) is 47.8 Å². The summed E-state index contributed by atoms with van der Waals surface area (Å²) in [7, 11) is 0. The zero-order chi connectivity index (χ0) is 16.1. The molecule has 1 N–H and O–H groups in total. The van der Waals surface area contributed by atoms with E-state index in [4.69, 9.17) is 4.74 Å². The van der Waals surface area contributed by atoms with Gasteiger partial charge in [0.05, 0.1) is 12.6 Å². The number of amides is 2. The summed E-state index contributed by atoms with van der Waals surface area (Å²) in [5.41, 5.74) is 1.12. The van der Waals surface area contributed by atoms with Gasteiger partial charge in [-0.1, -0.05) is 36.4 Å². The molecule has 1 fully saturated rings. The summed E-state index contributed by atoms with van der Waals surface area (Å²) < 4.78 is 5.84. The SMILES string of the molecule is CCN(Cc1cccs1)C(=O)N[C@@H]1CCO[C@H]1c1ccccc1. The number of carbonyl (C=O) groups excluding carboxylic acids is 1. The van der Waals surface area contributed by atoms with E-state index in [1.165, 1.54) is 4.88 Å². The van der Waals surface area contributed by atoms with E-state index in [2.05, 4.69) is 23.5 Å². The molecule has 0 radical (unpaired) electrons. The number of urea groups is 1. The number of hydrogen-bond acceptors (Lipinski definition) is 3. The van der Waals surface area contributed by atoms with Crippen molar-refractivity contribution in [1.82, 2.24) is 10.2 Å². The van der Waals surface area contributed by atoms with Crippen LogP contribution in [0.2, 0.25) is 0 Å². The van der Waals surface area contributed by atoms with Gasteiger partial charge in [-0.25, -0.2) is 4.79 Å². The Kier molecular flexibility index (Phi) is 5.31. The first-order valence-corrected chi connectivity index (χ1v) is 8.90. The quantitative estimate of drug-likeness (QED) is 0.906. The lowest BCUT2D eigenvalue weighted by Crippen LogP contribution is -2.45. The first-order chi connectivity index (χ1) is 11.3. The molecular formula is C18H22N2O2S. The highest BCUT2D eigenvalue weighted by Crippen LogP contribution is 2.29. The highest BCUT2D eigenvalue weighted by atomic mass is 32.1. The third kappa shape index (κ3) is 3.92. The summed E-state index contributed by atoms with van der Waals surface area (Å²) in [6.07, 6.45) is 0.794. The summed E-state index contributed by atoms with van der Waals surface area (Å²) in [5, 5.41) is 5.20. The molecule has 0 aliphatic carbocycles. The molecule has 0 spiro atoms. The fourth-order valence-electron chi connectivity index (χ4n) is 2.88. The maximum absolute atomic E-state index is 12.6. The first kappa shape index (κ1) is 16.0. The molecule has 1 aliphatic rings. The second-order valence-corrected chi connectivity index (χ2v) is 6.67. The Morgan fingerprint density at radius 2 is 2.13 bits per heavy atom. The molecule has 23 heavy (non-hydrogen) atoms. The molecule has 3 rings (SSSR count). The minimum Gasteiger partial charge on any atom is -0.371 e. The predicted molar refractivity (Wildman–Crippen MR) is 92.5 cm³/mol. The molecule has 2 amide bonds. The normalized spacial score (nSPS) is 20.4. The van der Waals surface area contributed by atoms with Crippen molar-refractivity contribution < 1.29 is 9.53 Å². The van der Waals surface area contributed by atoms with E-state index >= 15 is 0 Å². The summed E-state index contributed by atoms with van der Waals surface area (Å²) in [4.78, 5) is 15.6. The predicted octanol–water partition coefficient (Wildman–Crippen LogP) is 3.81. The lowest BCUT2D eigenvalue weighted by Gasteiger charge is -2.26. The smallest absolute Gasteiger partial charge is 0.318 e. The van der Waals surface area contributed by atoms with Crippen LogP contribution in [0, 0.1) is 0 Å². The molecule has 2 heterocycles. The molecule has 1 aliphatic heterocycles. The van der Waals surface area contributed by atoms with Gasteiger partial charge in [-0.2, -0.15) is 0 Å². The van der Waals surface area contributed by atoms with Crippen molar-refractivity contribution in [3.63, 3.8) is 0 Å². The van der Waals surface area contributed by atoms with Gasteiger partial charge in [0.2, 0.25) is 0 Å². The largest absolute Gasteiger partial charge is 0.371 e. The van der Waals surface area contributed by atoms with Crippen LogP contribution in [-0.2, 0) is 11.3 Å². The Hall–Kier alpha value is -1.85. The molecule has 2 aromatic rings. The molecule has 0 unspecified atom stereocenters. The van der Waals surface area contributed by atoms with Crippen LogP contribution in [0.4, 0.5) is 4.79 Å². The van der Waals surface area contributed by atoms with Crippen molar-refractivity contribution in [2.45, 2.75) is 32.0 Å². The zero-order valence-electron chi connectivity index (χ0n) is 13.3. The van der Waals surface area contributed by atoms with E-state index in [1.807, 2.05) is 41.5 Å². The summed E-state index contributed by atoms with van der Waals surface area (Å²) in [6.45, 7) is 4.03. The van der Waals surface area contributed by atoms with Gasteiger partial charge in [0, 0.05) is 18.0 Å². The van der Waals surface area contributed by atoms with Crippen molar-refractivity contribution in [2.75, 3.05) is 13.2 Å². The number of thiophene rings is 1. The van der Waals surface area contributed by atoms with E-state index in [9.17, 15) is 4.79 Å². The van der Waals surface area contributed by atoms with Crippen LogP contribution in [0.5, 0.6) is 0 Å².